The molecular formula is C16H14O3. The molecule has 3 nitrogen and oxygen atoms in total. The number of hydrogen-bond acceptors (Lipinski definition) is 2. The molecule has 0 aliphatic rings. The predicted octanol–water partition coefficient (Wildman–Crippen LogP) is 2.84. The molecule has 0 fully saturated rings. The highest BCUT2D eigenvalue weighted by molar-refractivity contribution is 5.83. The van der Waals surface area contributed by atoms with E-state index in [0.29, 0.717) is 17.4 Å². The van der Waals surface area contributed by atoms with E-state index in [4.69, 9.17) is 0 Å². The van der Waals surface area contributed by atoms with E-state index in [9.17, 15) is 14.7 Å². The number of carboxylic acids is 1. The molecule has 0 bridgehead atoms. The summed E-state index contributed by atoms with van der Waals surface area (Å²) in [4.78, 5) is 22.9. The summed E-state index contributed by atoms with van der Waals surface area (Å²) in [5.41, 5.74) is 1.35. The Morgan fingerprint density at radius 2 is 1.37 bits per heavy atom. The van der Waals surface area contributed by atoms with Gasteiger partial charge in [0.2, 0.25) is 0 Å². The molecule has 0 amide bonds. The van der Waals surface area contributed by atoms with Crippen molar-refractivity contribution >= 4 is 12.3 Å². The van der Waals surface area contributed by atoms with Crippen molar-refractivity contribution in [1.29, 1.82) is 0 Å². The molecule has 2 atom stereocenters. The van der Waals surface area contributed by atoms with Crippen LogP contribution in [0.5, 0.6) is 0 Å². The highest BCUT2D eigenvalue weighted by Gasteiger charge is 2.30. The van der Waals surface area contributed by atoms with E-state index in [-0.39, 0.29) is 0 Å². The van der Waals surface area contributed by atoms with Gasteiger partial charge in [-0.3, -0.25) is 4.79 Å². The molecular weight excluding hydrogens is 240 g/mol. The zero-order valence-electron chi connectivity index (χ0n) is 10.3. The fourth-order valence-corrected chi connectivity index (χ4v) is 2.19. The second kappa shape index (κ2) is 5.96. The molecule has 0 aliphatic carbocycles. The second-order valence-electron chi connectivity index (χ2n) is 4.30. The number of aliphatic carboxylic acids is 1. The van der Waals surface area contributed by atoms with Crippen LogP contribution in [0.2, 0.25) is 0 Å². The van der Waals surface area contributed by atoms with Gasteiger partial charge in [0.25, 0.3) is 0 Å². The predicted molar refractivity (Wildman–Crippen MR) is 72.1 cm³/mol. The van der Waals surface area contributed by atoms with Gasteiger partial charge in [-0.1, -0.05) is 60.7 Å². The summed E-state index contributed by atoms with van der Waals surface area (Å²) in [5.74, 6) is -2.53. The zero-order chi connectivity index (χ0) is 13.7. The van der Waals surface area contributed by atoms with Gasteiger partial charge in [0.05, 0.1) is 11.8 Å². The summed E-state index contributed by atoms with van der Waals surface area (Å²) in [5, 5.41) is 9.43. The van der Waals surface area contributed by atoms with Crippen LogP contribution < -0.4 is 0 Å². The van der Waals surface area contributed by atoms with Crippen molar-refractivity contribution in [2.45, 2.75) is 11.8 Å². The first-order valence-corrected chi connectivity index (χ1v) is 6.02. The highest BCUT2D eigenvalue weighted by atomic mass is 16.4. The molecule has 1 N–H and O–H groups in total. The molecule has 0 heterocycles. The summed E-state index contributed by atoms with van der Waals surface area (Å²) < 4.78 is 0. The summed E-state index contributed by atoms with van der Waals surface area (Å²) in [7, 11) is 0. The van der Waals surface area contributed by atoms with E-state index < -0.39 is 17.8 Å². The Kier molecular flexibility index (Phi) is 4.08. The average molecular weight is 254 g/mol. The SMILES string of the molecule is O=CC(c1ccccc1)[C@H](C(=O)O)c1ccccc1. The normalized spacial score (nSPS) is 13.5. The molecule has 2 aromatic rings. The molecule has 96 valence electrons. The third-order valence-electron chi connectivity index (χ3n) is 3.11. The number of carbonyl (C=O) groups excluding carboxylic acids is 1. The van der Waals surface area contributed by atoms with Crippen molar-refractivity contribution in [3.05, 3.63) is 71.8 Å². The maximum atomic E-state index is 11.5. The molecule has 2 aromatic carbocycles. The van der Waals surface area contributed by atoms with Crippen LogP contribution in [0.1, 0.15) is 23.0 Å². The molecule has 19 heavy (non-hydrogen) atoms. The van der Waals surface area contributed by atoms with Crippen LogP contribution in [-0.2, 0) is 9.59 Å². The quantitative estimate of drug-likeness (QED) is 0.835. The molecule has 0 radical (unpaired) electrons. The van der Waals surface area contributed by atoms with Crippen molar-refractivity contribution in [2.75, 3.05) is 0 Å². The number of hydrogen-bond donors (Lipinski definition) is 1. The van der Waals surface area contributed by atoms with Gasteiger partial charge in [0, 0.05) is 0 Å². The molecule has 3 heteroatoms. The van der Waals surface area contributed by atoms with Gasteiger partial charge in [-0.2, -0.15) is 0 Å². The molecule has 0 spiro atoms. The summed E-state index contributed by atoms with van der Waals surface area (Å²) in [6, 6.07) is 17.8. The van der Waals surface area contributed by atoms with Gasteiger partial charge < -0.3 is 9.90 Å². The third-order valence-corrected chi connectivity index (χ3v) is 3.11. The molecule has 2 rings (SSSR count). The number of carbonyl (C=O) groups is 2. The number of carboxylic acid groups (broad SMARTS) is 1. The third kappa shape index (κ3) is 2.88. The van der Waals surface area contributed by atoms with Crippen LogP contribution in [0.4, 0.5) is 0 Å². The minimum Gasteiger partial charge on any atom is -0.481 e. The number of rotatable bonds is 5. The Hall–Kier alpha value is -2.42. The summed E-state index contributed by atoms with van der Waals surface area (Å²) >= 11 is 0. The first-order chi connectivity index (χ1) is 9.24. The molecule has 0 saturated heterocycles. The molecule has 0 aromatic heterocycles. The Morgan fingerprint density at radius 1 is 0.895 bits per heavy atom. The minimum atomic E-state index is -0.993. The van der Waals surface area contributed by atoms with Gasteiger partial charge >= 0.3 is 5.97 Å². The van der Waals surface area contributed by atoms with Crippen molar-refractivity contribution in [1.82, 2.24) is 0 Å². The van der Waals surface area contributed by atoms with Crippen LogP contribution in [0.25, 0.3) is 0 Å². The number of aldehydes is 1. The average Bonchev–Trinajstić information content (AvgIpc) is 2.46. The zero-order valence-corrected chi connectivity index (χ0v) is 10.3. The monoisotopic (exact) mass is 254 g/mol. The smallest absolute Gasteiger partial charge is 0.312 e. The van der Waals surface area contributed by atoms with E-state index in [1.807, 2.05) is 12.1 Å². The number of benzene rings is 2. The maximum absolute atomic E-state index is 11.5. The molecule has 0 aliphatic heterocycles. The van der Waals surface area contributed by atoms with Crippen molar-refractivity contribution in [3.8, 4) is 0 Å². The molecule has 1 unspecified atom stereocenters. The largest absolute Gasteiger partial charge is 0.481 e. The topological polar surface area (TPSA) is 54.4 Å². The maximum Gasteiger partial charge on any atom is 0.312 e. The van der Waals surface area contributed by atoms with Crippen LogP contribution in [0.15, 0.2) is 60.7 Å². The Morgan fingerprint density at radius 3 is 1.79 bits per heavy atom. The van der Waals surface area contributed by atoms with E-state index in [2.05, 4.69) is 0 Å². The first-order valence-electron chi connectivity index (χ1n) is 6.02. The van der Waals surface area contributed by atoms with E-state index in [1.165, 1.54) is 0 Å². The first kappa shape index (κ1) is 13.0. The van der Waals surface area contributed by atoms with Gasteiger partial charge in [-0.15, -0.1) is 0 Å². The van der Waals surface area contributed by atoms with Crippen LogP contribution >= 0.6 is 0 Å². The lowest BCUT2D eigenvalue weighted by atomic mass is 9.82. The lowest BCUT2D eigenvalue weighted by Crippen LogP contribution is -2.21. The van der Waals surface area contributed by atoms with Gasteiger partial charge in [-0.25, -0.2) is 0 Å². The summed E-state index contributed by atoms with van der Waals surface area (Å²) in [6.07, 6.45) is 0.709. The highest BCUT2D eigenvalue weighted by Crippen LogP contribution is 2.31. The lowest BCUT2D eigenvalue weighted by Gasteiger charge is -2.19. The minimum absolute atomic E-state index is 0.635. The van der Waals surface area contributed by atoms with Gasteiger partial charge in [-0.05, 0) is 11.1 Å². The van der Waals surface area contributed by atoms with E-state index in [0.717, 1.165) is 0 Å². The Labute approximate surface area is 111 Å². The van der Waals surface area contributed by atoms with Crippen molar-refractivity contribution in [2.24, 2.45) is 0 Å². The van der Waals surface area contributed by atoms with Crippen molar-refractivity contribution in [3.63, 3.8) is 0 Å². The van der Waals surface area contributed by atoms with Crippen LogP contribution in [-0.4, -0.2) is 17.4 Å². The second-order valence-corrected chi connectivity index (χ2v) is 4.30. The molecule has 0 saturated carbocycles. The van der Waals surface area contributed by atoms with Crippen molar-refractivity contribution < 1.29 is 14.7 Å². The fourth-order valence-electron chi connectivity index (χ4n) is 2.19. The van der Waals surface area contributed by atoms with E-state index >= 15 is 0 Å². The van der Waals surface area contributed by atoms with Gasteiger partial charge in [0.15, 0.2) is 0 Å². The van der Waals surface area contributed by atoms with Gasteiger partial charge in [0.1, 0.15) is 6.29 Å². The fraction of sp³-hybridized carbons (Fsp3) is 0.125. The summed E-state index contributed by atoms with van der Waals surface area (Å²) in [6.45, 7) is 0. The van der Waals surface area contributed by atoms with Crippen LogP contribution in [0, 0.1) is 0 Å². The standard InChI is InChI=1S/C16H14O3/c17-11-14(12-7-3-1-4-8-12)15(16(18)19)13-9-5-2-6-10-13/h1-11,14-15H,(H,18,19)/t14?,15-/m1/s1. The van der Waals surface area contributed by atoms with Crippen LogP contribution in [0.3, 0.4) is 0 Å². The Balaban J connectivity index is 2.43. The van der Waals surface area contributed by atoms with E-state index in [1.54, 1.807) is 48.5 Å². The Bertz CT molecular complexity index is 549. The lowest BCUT2D eigenvalue weighted by molar-refractivity contribution is -0.140.